The van der Waals surface area contributed by atoms with E-state index in [1.165, 1.54) is 12.8 Å². The summed E-state index contributed by atoms with van der Waals surface area (Å²) in [5, 5.41) is 3.05. The highest BCUT2D eigenvalue weighted by Crippen LogP contribution is 2.30. The van der Waals surface area contributed by atoms with Crippen LogP contribution in [0.3, 0.4) is 0 Å². The molecule has 4 rings (SSSR count). The van der Waals surface area contributed by atoms with Crippen molar-refractivity contribution in [1.29, 1.82) is 0 Å². The van der Waals surface area contributed by atoms with Crippen molar-refractivity contribution in [1.82, 2.24) is 10.3 Å². The zero-order valence-corrected chi connectivity index (χ0v) is 15.9. The number of carbonyl (C=O) groups excluding carboxylic acids is 1. The summed E-state index contributed by atoms with van der Waals surface area (Å²) in [5.74, 6) is 1.73. The summed E-state index contributed by atoms with van der Waals surface area (Å²) in [6.45, 7) is 5.92. The number of pyridine rings is 1. The topological polar surface area (TPSA) is 76.0 Å². The number of carbonyl (C=O) groups is 1. The van der Waals surface area contributed by atoms with Gasteiger partial charge in [-0.05, 0) is 44.6 Å². The van der Waals surface area contributed by atoms with E-state index >= 15 is 0 Å². The second-order valence-corrected chi connectivity index (χ2v) is 7.67. The molecule has 3 aliphatic rings. The molecule has 1 saturated heterocycles. The fraction of sp³-hybridized carbons (Fsp3) is 0.650. The highest BCUT2D eigenvalue weighted by Gasteiger charge is 2.25. The number of hydrogen-bond donors (Lipinski definition) is 1. The molecule has 7 nitrogen and oxygen atoms in total. The molecule has 1 aromatic rings. The van der Waals surface area contributed by atoms with E-state index in [1.54, 1.807) is 0 Å². The van der Waals surface area contributed by atoms with Gasteiger partial charge in [0.05, 0.1) is 18.8 Å². The van der Waals surface area contributed by atoms with Gasteiger partial charge in [-0.3, -0.25) is 9.79 Å². The van der Waals surface area contributed by atoms with Crippen LogP contribution in [0.25, 0.3) is 0 Å². The lowest BCUT2D eigenvalue weighted by molar-refractivity contribution is 0.0934. The SMILES string of the molecule is CC(CC1=NCCO1)NC(=O)c1nc(OCC2CC2)ccc1N1CCCC1. The molecule has 2 aliphatic heterocycles. The second-order valence-electron chi connectivity index (χ2n) is 7.67. The van der Waals surface area contributed by atoms with E-state index < -0.39 is 0 Å². The third-order valence-corrected chi connectivity index (χ3v) is 5.18. The molecule has 0 spiro atoms. The molecule has 146 valence electrons. The minimum Gasteiger partial charge on any atom is -0.479 e. The summed E-state index contributed by atoms with van der Waals surface area (Å²) >= 11 is 0. The van der Waals surface area contributed by atoms with E-state index in [0.717, 1.165) is 37.5 Å². The first-order valence-electron chi connectivity index (χ1n) is 10.0. The average Bonchev–Trinajstić information content (AvgIpc) is 3.09. The largest absolute Gasteiger partial charge is 0.479 e. The number of aromatic nitrogens is 1. The molecular weight excluding hydrogens is 344 g/mol. The average molecular weight is 372 g/mol. The molecule has 0 bridgehead atoms. The molecule has 0 aromatic carbocycles. The molecular formula is C20H28N4O3. The molecule has 1 unspecified atom stereocenters. The molecule has 27 heavy (non-hydrogen) atoms. The number of rotatable bonds is 8. The molecule has 7 heteroatoms. The van der Waals surface area contributed by atoms with Gasteiger partial charge in [0.25, 0.3) is 5.91 Å². The van der Waals surface area contributed by atoms with E-state index in [9.17, 15) is 4.79 Å². The number of ether oxygens (including phenoxy) is 2. The first kappa shape index (κ1) is 18.1. The summed E-state index contributed by atoms with van der Waals surface area (Å²) in [6.07, 6.45) is 5.34. The van der Waals surface area contributed by atoms with Crippen molar-refractivity contribution in [2.45, 2.75) is 45.1 Å². The quantitative estimate of drug-likeness (QED) is 0.758. The third-order valence-electron chi connectivity index (χ3n) is 5.18. The van der Waals surface area contributed by atoms with Crippen LogP contribution < -0.4 is 15.0 Å². The molecule has 1 aliphatic carbocycles. The van der Waals surface area contributed by atoms with E-state index in [1.807, 2.05) is 19.1 Å². The summed E-state index contributed by atoms with van der Waals surface area (Å²) in [5.41, 5.74) is 1.34. The predicted octanol–water partition coefficient (Wildman–Crippen LogP) is 2.41. The predicted molar refractivity (Wildman–Crippen MR) is 104 cm³/mol. The lowest BCUT2D eigenvalue weighted by atomic mass is 10.2. The van der Waals surface area contributed by atoms with Gasteiger partial charge >= 0.3 is 0 Å². The number of nitrogens with one attached hydrogen (secondary N) is 1. The van der Waals surface area contributed by atoms with Gasteiger partial charge in [-0.15, -0.1) is 0 Å². The first-order valence-corrected chi connectivity index (χ1v) is 10.0. The van der Waals surface area contributed by atoms with E-state index in [0.29, 0.717) is 43.7 Å². The zero-order valence-electron chi connectivity index (χ0n) is 15.9. The highest BCUT2D eigenvalue weighted by molar-refractivity contribution is 5.98. The lowest BCUT2D eigenvalue weighted by Gasteiger charge is -2.22. The van der Waals surface area contributed by atoms with E-state index in [2.05, 4.69) is 20.2 Å². The van der Waals surface area contributed by atoms with Gasteiger partial charge in [0.2, 0.25) is 5.88 Å². The molecule has 1 aromatic heterocycles. The Labute approximate surface area is 160 Å². The molecule has 1 N–H and O–H groups in total. The Kier molecular flexibility index (Phi) is 5.45. The van der Waals surface area contributed by atoms with E-state index in [4.69, 9.17) is 9.47 Å². The summed E-state index contributed by atoms with van der Waals surface area (Å²) in [6, 6.07) is 3.79. The molecule has 0 radical (unpaired) electrons. The van der Waals surface area contributed by atoms with Crippen LogP contribution in [0.1, 0.15) is 49.5 Å². The zero-order chi connectivity index (χ0) is 18.6. The number of amides is 1. The maximum absolute atomic E-state index is 13.0. The standard InChI is InChI=1S/C20H28N4O3/c1-14(12-18-21-8-11-26-18)22-20(25)19-16(24-9-2-3-10-24)6-7-17(23-19)27-13-15-4-5-15/h6-7,14-15H,2-5,8-13H2,1H3,(H,22,25). The van der Waals surface area contributed by atoms with E-state index in [-0.39, 0.29) is 11.9 Å². The van der Waals surface area contributed by atoms with Gasteiger partial charge in [0.15, 0.2) is 11.6 Å². The van der Waals surface area contributed by atoms with Crippen molar-refractivity contribution in [3.8, 4) is 5.88 Å². The lowest BCUT2D eigenvalue weighted by Crippen LogP contribution is -2.36. The van der Waals surface area contributed by atoms with Gasteiger partial charge in [-0.1, -0.05) is 0 Å². The van der Waals surface area contributed by atoms with Crippen molar-refractivity contribution >= 4 is 17.5 Å². The monoisotopic (exact) mass is 372 g/mol. The Balaban J connectivity index is 1.47. The Bertz CT molecular complexity index is 711. The minimum atomic E-state index is -0.167. The Morgan fingerprint density at radius 3 is 2.89 bits per heavy atom. The summed E-state index contributed by atoms with van der Waals surface area (Å²) in [4.78, 5) is 24.1. The maximum Gasteiger partial charge on any atom is 0.272 e. The van der Waals surface area contributed by atoms with Crippen molar-refractivity contribution < 1.29 is 14.3 Å². The van der Waals surface area contributed by atoms with Gasteiger partial charge in [0.1, 0.15) is 6.61 Å². The maximum atomic E-state index is 13.0. The van der Waals surface area contributed by atoms with Crippen molar-refractivity contribution in [2.75, 3.05) is 37.7 Å². The molecule has 1 saturated carbocycles. The first-order chi connectivity index (χ1) is 13.2. The molecule has 1 atom stereocenters. The Morgan fingerprint density at radius 2 is 2.19 bits per heavy atom. The smallest absolute Gasteiger partial charge is 0.272 e. The van der Waals surface area contributed by atoms with Gasteiger partial charge < -0.3 is 19.7 Å². The van der Waals surface area contributed by atoms with Crippen LogP contribution in [0.2, 0.25) is 0 Å². The highest BCUT2D eigenvalue weighted by atomic mass is 16.5. The van der Waals surface area contributed by atoms with Crippen molar-refractivity contribution in [2.24, 2.45) is 10.9 Å². The number of nitrogens with zero attached hydrogens (tertiary/aromatic N) is 3. The fourth-order valence-corrected chi connectivity index (χ4v) is 3.49. The minimum absolute atomic E-state index is 0.0707. The van der Waals surface area contributed by atoms with Crippen LogP contribution in [0.15, 0.2) is 17.1 Å². The van der Waals surface area contributed by atoms with Crippen LogP contribution in [0.4, 0.5) is 5.69 Å². The van der Waals surface area contributed by atoms with Crippen LogP contribution in [-0.4, -0.2) is 55.7 Å². The fourth-order valence-electron chi connectivity index (χ4n) is 3.49. The third kappa shape index (κ3) is 4.70. The van der Waals surface area contributed by atoms with Crippen LogP contribution in [0.5, 0.6) is 5.88 Å². The van der Waals surface area contributed by atoms with Crippen LogP contribution >= 0.6 is 0 Å². The normalized spacial score (nSPS) is 20.2. The number of hydrogen-bond acceptors (Lipinski definition) is 6. The molecule has 1 amide bonds. The van der Waals surface area contributed by atoms with Crippen LogP contribution in [0, 0.1) is 5.92 Å². The van der Waals surface area contributed by atoms with Gasteiger partial charge in [-0.2, -0.15) is 0 Å². The van der Waals surface area contributed by atoms with Crippen LogP contribution in [-0.2, 0) is 4.74 Å². The Hall–Kier alpha value is -2.31. The second kappa shape index (κ2) is 8.15. The van der Waals surface area contributed by atoms with Crippen molar-refractivity contribution in [3.05, 3.63) is 17.8 Å². The van der Waals surface area contributed by atoms with Crippen molar-refractivity contribution in [3.63, 3.8) is 0 Å². The Morgan fingerprint density at radius 1 is 1.37 bits per heavy atom. The molecule has 2 fully saturated rings. The number of anilines is 1. The number of aliphatic imine (C=N–C) groups is 1. The summed E-state index contributed by atoms with van der Waals surface area (Å²) in [7, 11) is 0. The summed E-state index contributed by atoms with van der Waals surface area (Å²) < 4.78 is 11.3. The van der Waals surface area contributed by atoms with Gasteiger partial charge in [-0.25, -0.2) is 4.98 Å². The molecule has 3 heterocycles. The van der Waals surface area contributed by atoms with Gasteiger partial charge in [0, 0.05) is 31.6 Å².